The van der Waals surface area contributed by atoms with Gasteiger partial charge in [0.15, 0.2) is 10.8 Å². The molecule has 1 atom stereocenters. The van der Waals surface area contributed by atoms with E-state index in [0.29, 0.717) is 17.2 Å². The topological polar surface area (TPSA) is 70.7 Å². The van der Waals surface area contributed by atoms with Crippen LogP contribution in [0.3, 0.4) is 0 Å². The molecule has 0 radical (unpaired) electrons. The highest BCUT2D eigenvalue weighted by molar-refractivity contribution is 8.00. The molecule has 3 rings (SSSR count). The number of aromatic nitrogens is 3. The van der Waals surface area contributed by atoms with Crippen molar-refractivity contribution in [3.05, 3.63) is 47.7 Å². The number of anilines is 1. The molecule has 0 aliphatic heterocycles. The number of amides is 1. The van der Waals surface area contributed by atoms with Crippen molar-refractivity contribution >= 4 is 34.5 Å². The number of nitrogens with zero attached hydrogens (tertiary/aromatic N) is 2. The summed E-state index contributed by atoms with van der Waals surface area (Å²) in [6.45, 7) is 6.01. The first-order valence-electron chi connectivity index (χ1n) is 7.93. The van der Waals surface area contributed by atoms with Crippen molar-refractivity contribution in [3.63, 3.8) is 0 Å². The maximum atomic E-state index is 12.7. The summed E-state index contributed by atoms with van der Waals surface area (Å²) in [5.41, 5.74) is 4.58. The monoisotopic (exact) mass is 340 g/mol. The van der Waals surface area contributed by atoms with E-state index in [9.17, 15) is 4.79 Å². The van der Waals surface area contributed by atoms with Crippen LogP contribution in [0.5, 0.6) is 0 Å². The van der Waals surface area contributed by atoms with Gasteiger partial charge >= 0.3 is 0 Å². The molecule has 0 unspecified atom stereocenters. The minimum absolute atomic E-state index is 0.00619. The summed E-state index contributed by atoms with van der Waals surface area (Å²) in [7, 11) is 0. The zero-order valence-corrected chi connectivity index (χ0v) is 14.8. The molecular weight excluding hydrogens is 320 g/mol. The summed E-state index contributed by atoms with van der Waals surface area (Å²) in [4.78, 5) is 24.5. The normalized spacial score (nSPS) is 12.3. The van der Waals surface area contributed by atoms with Gasteiger partial charge in [0.25, 0.3) is 0 Å². The van der Waals surface area contributed by atoms with Gasteiger partial charge in [0.2, 0.25) is 5.91 Å². The van der Waals surface area contributed by atoms with E-state index in [4.69, 9.17) is 0 Å². The zero-order valence-electron chi connectivity index (χ0n) is 14.0. The largest absolute Gasteiger partial charge is 0.332 e. The van der Waals surface area contributed by atoms with Gasteiger partial charge in [-0.25, -0.2) is 9.97 Å². The molecule has 0 saturated carbocycles. The van der Waals surface area contributed by atoms with Gasteiger partial charge in [-0.15, -0.1) is 0 Å². The fourth-order valence-corrected chi connectivity index (χ4v) is 3.46. The molecule has 0 aliphatic carbocycles. The maximum absolute atomic E-state index is 12.7. The van der Waals surface area contributed by atoms with E-state index < -0.39 is 0 Å². The molecule has 0 spiro atoms. The number of benzene rings is 1. The number of hydrogen-bond donors (Lipinski definition) is 2. The first kappa shape index (κ1) is 16.5. The van der Waals surface area contributed by atoms with Gasteiger partial charge in [-0.1, -0.05) is 36.9 Å². The Labute approximate surface area is 145 Å². The van der Waals surface area contributed by atoms with Crippen LogP contribution in [-0.4, -0.2) is 26.1 Å². The Kier molecular flexibility index (Phi) is 4.85. The third kappa shape index (κ3) is 3.43. The molecule has 3 aromatic rings. The fraction of sp³-hybridized carbons (Fsp3) is 0.278. The summed E-state index contributed by atoms with van der Waals surface area (Å²) in [6.07, 6.45) is 2.43. The lowest BCUT2D eigenvalue weighted by molar-refractivity contribution is -0.115. The lowest BCUT2D eigenvalue weighted by atomic mass is 10.1. The summed E-state index contributed by atoms with van der Waals surface area (Å²) < 4.78 is 0. The van der Waals surface area contributed by atoms with E-state index in [1.54, 1.807) is 6.20 Å². The third-order valence-corrected chi connectivity index (χ3v) is 5.13. The van der Waals surface area contributed by atoms with Gasteiger partial charge in [-0.05, 0) is 43.5 Å². The second-order valence-electron chi connectivity index (χ2n) is 5.69. The van der Waals surface area contributed by atoms with Crippen molar-refractivity contribution < 1.29 is 4.79 Å². The minimum atomic E-state index is -0.218. The van der Waals surface area contributed by atoms with Gasteiger partial charge < -0.3 is 10.3 Å². The number of carbonyl (C=O) groups is 1. The lowest BCUT2D eigenvalue weighted by Crippen LogP contribution is -2.25. The number of carbonyl (C=O) groups excluding carboxylic acids is 1. The van der Waals surface area contributed by atoms with Crippen LogP contribution in [0.4, 0.5) is 5.69 Å². The SMILES string of the molecule is CC[C@@H](Sc1nc2ncccc2[nH]1)C(=O)Nc1c(C)cccc1C. The Morgan fingerprint density at radius 3 is 2.67 bits per heavy atom. The van der Waals surface area contributed by atoms with Gasteiger partial charge in [0.05, 0.1) is 10.8 Å². The van der Waals surface area contributed by atoms with Crippen molar-refractivity contribution in [3.8, 4) is 0 Å². The molecule has 0 bridgehead atoms. The molecule has 0 fully saturated rings. The van der Waals surface area contributed by atoms with Gasteiger partial charge in [-0.3, -0.25) is 4.79 Å². The lowest BCUT2D eigenvalue weighted by Gasteiger charge is -2.16. The van der Waals surface area contributed by atoms with E-state index in [0.717, 1.165) is 22.3 Å². The quantitative estimate of drug-likeness (QED) is 0.687. The second kappa shape index (κ2) is 7.05. The van der Waals surface area contributed by atoms with Gasteiger partial charge in [-0.2, -0.15) is 0 Å². The molecular formula is C18H20N4OS. The number of fused-ring (bicyclic) bond motifs is 1. The Morgan fingerprint density at radius 2 is 2.00 bits per heavy atom. The number of nitrogens with one attached hydrogen (secondary N) is 2. The van der Waals surface area contributed by atoms with Crippen molar-refractivity contribution in [1.29, 1.82) is 0 Å². The smallest absolute Gasteiger partial charge is 0.237 e. The highest BCUT2D eigenvalue weighted by Gasteiger charge is 2.21. The summed E-state index contributed by atoms with van der Waals surface area (Å²) in [5.74, 6) is -0.00619. The van der Waals surface area contributed by atoms with Crippen molar-refractivity contribution in [2.75, 3.05) is 5.32 Å². The molecule has 24 heavy (non-hydrogen) atoms. The number of imidazole rings is 1. The van der Waals surface area contributed by atoms with E-state index in [2.05, 4.69) is 20.3 Å². The minimum Gasteiger partial charge on any atom is -0.332 e. The highest BCUT2D eigenvalue weighted by Crippen LogP contribution is 2.27. The van der Waals surface area contributed by atoms with Crippen LogP contribution < -0.4 is 5.32 Å². The average Bonchev–Trinajstić information content (AvgIpc) is 2.98. The summed E-state index contributed by atoms with van der Waals surface area (Å²) in [5, 5.41) is 3.56. The first-order chi connectivity index (χ1) is 11.6. The van der Waals surface area contributed by atoms with E-state index in [1.807, 2.05) is 51.1 Å². The summed E-state index contributed by atoms with van der Waals surface area (Å²) in [6, 6.07) is 9.79. The zero-order chi connectivity index (χ0) is 17.1. The molecule has 0 saturated heterocycles. The average molecular weight is 340 g/mol. The molecule has 2 N–H and O–H groups in total. The number of rotatable bonds is 5. The Hall–Kier alpha value is -2.34. The fourth-order valence-electron chi connectivity index (χ4n) is 2.55. The number of H-pyrrole nitrogens is 1. The predicted octanol–water partition coefficient (Wildman–Crippen LogP) is 4.08. The number of pyridine rings is 1. The number of para-hydroxylation sites is 1. The Balaban J connectivity index is 1.77. The van der Waals surface area contributed by atoms with E-state index in [1.165, 1.54) is 11.8 Å². The molecule has 6 heteroatoms. The molecule has 2 aromatic heterocycles. The molecule has 1 amide bonds. The number of thioether (sulfide) groups is 1. The first-order valence-corrected chi connectivity index (χ1v) is 8.81. The van der Waals surface area contributed by atoms with Crippen LogP contribution in [0.1, 0.15) is 24.5 Å². The summed E-state index contributed by atoms with van der Waals surface area (Å²) >= 11 is 1.43. The van der Waals surface area contributed by atoms with E-state index >= 15 is 0 Å². The van der Waals surface area contributed by atoms with Crippen LogP contribution in [0.2, 0.25) is 0 Å². The number of aryl methyl sites for hydroxylation is 2. The van der Waals surface area contributed by atoms with Crippen molar-refractivity contribution in [1.82, 2.24) is 15.0 Å². The molecule has 0 aliphatic rings. The third-order valence-electron chi connectivity index (χ3n) is 3.88. The van der Waals surface area contributed by atoms with Crippen LogP contribution in [0.15, 0.2) is 41.7 Å². The van der Waals surface area contributed by atoms with Gasteiger partial charge in [0, 0.05) is 11.9 Å². The number of hydrogen-bond acceptors (Lipinski definition) is 4. The number of aromatic amines is 1. The standard InChI is InChI=1S/C18H20N4OS/c1-4-14(17(23)21-15-11(2)7-5-8-12(15)3)24-18-20-13-9-6-10-19-16(13)22-18/h5-10,14H,4H2,1-3H3,(H,21,23)(H,19,20,22)/t14-/m1/s1. The van der Waals surface area contributed by atoms with Crippen LogP contribution >= 0.6 is 11.8 Å². The van der Waals surface area contributed by atoms with E-state index in [-0.39, 0.29) is 11.2 Å². The second-order valence-corrected chi connectivity index (χ2v) is 6.88. The van der Waals surface area contributed by atoms with Crippen molar-refractivity contribution in [2.24, 2.45) is 0 Å². The van der Waals surface area contributed by atoms with Crippen molar-refractivity contribution in [2.45, 2.75) is 37.6 Å². The highest BCUT2D eigenvalue weighted by atomic mass is 32.2. The predicted molar refractivity (Wildman–Crippen MR) is 98.4 cm³/mol. The molecule has 2 heterocycles. The van der Waals surface area contributed by atoms with Crippen LogP contribution in [0.25, 0.3) is 11.2 Å². The van der Waals surface area contributed by atoms with Crippen LogP contribution in [0, 0.1) is 13.8 Å². The maximum Gasteiger partial charge on any atom is 0.237 e. The molecule has 124 valence electrons. The molecule has 5 nitrogen and oxygen atoms in total. The Bertz CT molecular complexity index is 821. The molecule has 1 aromatic carbocycles. The Morgan fingerprint density at radius 1 is 1.25 bits per heavy atom. The van der Waals surface area contributed by atoms with Gasteiger partial charge in [0.1, 0.15) is 0 Å². The van der Waals surface area contributed by atoms with Crippen LogP contribution in [-0.2, 0) is 4.79 Å².